The van der Waals surface area contributed by atoms with Crippen LogP contribution in [0.5, 0.6) is 5.75 Å². The summed E-state index contributed by atoms with van der Waals surface area (Å²) >= 11 is 6.22. The van der Waals surface area contributed by atoms with Crippen molar-refractivity contribution in [2.45, 2.75) is 12.8 Å². The van der Waals surface area contributed by atoms with Gasteiger partial charge in [-0.05, 0) is 17.7 Å². The molecule has 17 heavy (non-hydrogen) atoms. The summed E-state index contributed by atoms with van der Waals surface area (Å²) in [5, 5.41) is 0.797. The number of ether oxygens (including phenoxy) is 1. The summed E-state index contributed by atoms with van der Waals surface area (Å²) in [6.07, 6.45) is 0. The predicted octanol–water partition coefficient (Wildman–Crippen LogP) is 4.50. The Labute approximate surface area is 107 Å². The van der Waals surface area contributed by atoms with Gasteiger partial charge in [-0.2, -0.15) is 0 Å². The van der Waals surface area contributed by atoms with Crippen LogP contribution in [-0.4, -0.2) is 7.11 Å². The molecular weight excluding hydrogens is 232 g/mol. The van der Waals surface area contributed by atoms with Gasteiger partial charge in [0.05, 0.1) is 7.11 Å². The molecule has 0 aliphatic heterocycles. The monoisotopic (exact) mass is 246 g/mol. The maximum atomic E-state index is 6.22. The highest BCUT2D eigenvalue weighted by atomic mass is 35.5. The predicted molar refractivity (Wildman–Crippen MR) is 72.0 cm³/mol. The third-order valence-electron chi connectivity index (χ3n) is 2.98. The number of hydrogen-bond donors (Lipinski definition) is 0. The SMILES string of the molecule is COc1ccccc1C(C)c1ccccc1Cl. The highest BCUT2D eigenvalue weighted by molar-refractivity contribution is 6.31. The van der Waals surface area contributed by atoms with E-state index in [0.29, 0.717) is 0 Å². The average molecular weight is 247 g/mol. The van der Waals surface area contributed by atoms with Crippen LogP contribution in [0.4, 0.5) is 0 Å². The molecule has 2 aromatic rings. The lowest BCUT2D eigenvalue weighted by Crippen LogP contribution is -1.99. The maximum absolute atomic E-state index is 6.22. The van der Waals surface area contributed by atoms with E-state index in [1.807, 2.05) is 36.4 Å². The van der Waals surface area contributed by atoms with Crippen LogP contribution in [0.25, 0.3) is 0 Å². The molecule has 0 amide bonds. The second-order valence-electron chi connectivity index (χ2n) is 3.99. The Morgan fingerprint density at radius 2 is 1.53 bits per heavy atom. The molecule has 0 bridgehead atoms. The second kappa shape index (κ2) is 5.24. The van der Waals surface area contributed by atoms with Gasteiger partial charge in [0, 0.05) is 16.5 Å². The lowest BCUT2D eigenvalue weighted by atomic mass is 9.92. The van der Waals surface area contributed by atoms with E-state index in [1.54, 1.807) is 7.11 Å². The summed E-state index contributed by atoms with van der Waals surface area (Å²) in [6, 6.07) is 16.0. The summed E-state index contributed by atoms with van der Waals surface area (Å²) in [7, 11) is 1.69. The van der Waals surface area contributed by atoms with Gasteiger partial charge >= 0.3 is 0 Å². The van der Waals surface area contributed by atoms with Crippen LogP contribution in [0.3, 0.4) is 0 Å². The molecule has 88 valence electrons. The van der Waals surface area contributed by atoms with Gasteiger partial charge < -0.3 is 4.74 Å². The summed E-state index contributed by atoms with van der Waals surface area (Å²) < 4.78 is 5.38. The second-order valence-corrected chi connectivity index (χ2v) is 4.39. The molecular formula is C15H15ClO. The van der Waals surface area contributed by atoms with E-state index >= 15 is 0 Å². The molecule has 0 aliphatic rings. The molecule has 0 heterocycles. The van der Waals surface area contributed by atoms with E-state index < -0.39 is 0 Å². The fourth-order valence-corrected chi connectivity index (χ4v) is 2.32. The van der Waals surface area contributed by atoms with Gasteiger partial charge in [-0.3, -0.25) is 0 Å². The largest absolute Gasteiger partial charge is 0.496 e. The van der Waals surface area contributed by atoms with Crippen molar-refractivity contribution >= 4 is 11.6 Å². The Morgan fingerprint density at radius 3 is 2.18 bits per heavy atom. The van der Waals surface area contributed by atoms with Crippen LogP contribution in [0.2, 0.25) is 5.02 Å². The van der Waals surface area contributed by atoms with Gasteiger partial charge in [0.2, 0.25) is 0 Å². The third kappa shape index (κ3) is 2.45. The molecule has 0 fully saturated rings. The van der Waals surface area contributed by atoms with E-state index in [4.69, 9.17) is 16.3 Å². The molecule has 1 atom stereocenters. The molecule has 1 nitrogen and oxygen atoms in total. The first-order valence-electron chi connectivity index (χ1n) is 5.61. The van der Waals surface area contributed by atoms with Gasteiger partial charge in [0.25, 0.3) is 0 Å². The molecule has 1 unspecified atom stereocenters. The normalized spacial score (nSPS) is 12.2. The zero-order valence-corrected chi connectivity index (χ0v) is 10.7. The minimum atomic E-state index is 0.222. The number of rotatable bonds is 3. The highest BCUT2D eigenvalue weighted by Gasteiger charge is 2.14. The van der Waals surface area contributed by atoms with Crippen molar-refractivity contribution in [3.8, 4) is 5.75 Å². The Bertz CT molecular complexity index is 508. The molecule has 0 aromatic heterocycles. The van der Waals surface area contributed by atoms with E-state index in [-0.39, 0.29) is 5.92 Å². The Kier molecular flexibility index (Phi) is 3.70. The lowest BCUT2D eigenvalue weighted by molar-refractivity contribution is 0.408. The van der Waals surface area contributed by atoms with Crippen LogP contribution < -0.4 is 4.74 Å². The van der Waals surface area contributed by atoms with Crippen molar-refractivity contribution in [2.24, 2.45) is 0 Å². The zero-order valence-electron chi connectivity index (χ0n) is 9.98. The number of methoxy groups -OCH3 is 1. The number of para-hydroxylation sites is 1. The Hall–Kier alpha value is -1.47. The first kappa shape index (κ1) is 12.0. The molecule has 2 rings (SSSR count). The van der Waals surface area contributed by atoms with Gasteiger partial charge in [0.15, 0.2) is 0 Å². The minimum absolute atomic E-state index is 0.222. The van der Waals surface area contributed by atoms with E-state index in [9.17, 15) is 0 Å². The smallest absolute Gasteiger partial charge is 0.122 e. The molecule has 2 aromatic carbocycles. The molecule has 0 spiro atoms. The van der Waals surface area contributed by atoms with Crippen molar-refractivity contribution in [3.05, 3.63) is 64.7 Å². The first-order valence-corrected chi connectivity index (χ1v) is 5.99. The van der Waals surface area contributed by atoms with Crippen LogP contribution in [-0.2, 0) is 0 Å². The molecule has 0 saturated carbocycles. The fourth-order valence-electron chi connectivity index (χ4n) is 2.02. The van der Waals surface area contributed by atoms with Crippen LogP contribution >= 0.6 is 11.6 Å². The lowest BCUT2D eigenvalue weighted by Gasteiger charge is -2.17. The molecule has 0 N–H and O–H groups in total. The van der Waals surface area contributed by atoms with E-state index in [0.717, 1.165) is 21.9 Å². The molecule has 0 radical (unpaired) electrons. The third-order valence-corrected chi connectivity index (χ3v) is 3.32. The first-order chi connectivity index (χ1) is 8.24. The summed E-state index contributed by atoms with van der Waals surface area (Å²) in [5.74, 6) is 1.12. The highest BCUT2D eigenvalue weighted by Crippen LogP contribution is 2.34. The van der Waals surface area contributed by atoms with Gasteiger partial charge in [-0.25, -0.2) is 0 Å². The van der Waals surface area contributed by atoms with Gasteiger partial charge in [-0.15, -0.1) is 0 Å². The van der Waals surface area contributed by atoms with Crippen molar-refractivity contribution in [2.75, 3.05) is 7.11 Å². The topological polar surface area (TPSA) is 9.23 Å². The zero-order chi connectivity index (χ0) is 12.3. The van der Waals surface area contributed by atoms with E-state index in [1.165, 1.54) is 0 Å². The van der Waals surface area contributed by atoms with Crippen LogP contribution in [0.15, 0.2) is 48.5 Å². The number of benzene rings is 2. The van der Waals surface area contributed by atoms with Crippen molar-refractivity contribution in [1.82, 2.24) is 0 Å². The Balaban J connectivity index is 2.44. The van der Waals surface area contributed by atoms with Gasteiger partial charge in [-0.1, -0.05) is 54.9 Å². The minimum Gasteiger partial charge on any atom is -0.496 e. The fraction of sp³-hybridized carbons (Fsp3) is 0.200. The van der Waals surface area contributed by atoms with Crippen LogP contribution in [0.1, 0.15) is 24.0 Å². The molecule has 0 aliphatic carbocycles. The summed E-state index contributed by atoms with van der Waals surface area (Å²) in [4.78, 5) is 0. The van der Waals surface area contributed by atoms with Gasteiger partial charge in [0.1, 0.15) is 5.75 Å². The summed E-state index contributed by atoms with van der Waals surface area (Å²) in [5.41, 5.74) is 2.28. The number of halogens is 1. The van der Waals surface area contributed by atoms with Crippen molar-refractivity contribution in [1.29, 1.82) is 0 Å². The average Bonchev–Trinajstić information content (AvgIpc) is 2.38. The quantitative estimate of drug-likeness (QED) is 0.775. The van der Waals surface area contributed by atoms with Crippen LogP contribution in [0, 0.1) is 0 Å². The molecule has 2 heteroatoms. The standard InChI is InChI=1S/C15H15ClO/c1-11(12-7-3-5-9-14(12)16)13-8-4-6-10-15(13)17-2/h3-11H,1-2H3. The van der Waals surface area contributed by atoms with Crippen molar-refractivity contribution < 1.29 is 4.74 Å². The maximum Gasteiger partial charge on any atom is 0.122 e. The summed E-state index contributed by atoms with van der Waals surface area (Å²) in [6.45, 7) is 2.14. The Morgan fingerprint density at radius 1 is 0.941 bits per heavy atom. The molecule has 0 saturated heterocycles. The number of hydrogen-bond acceptors (Lipinski definition) is 1. The van der Waals surface area contributed by atoms with Crippen molar-refractivity contribution in [3.63, 3.8) is 0 Å². The van der Waals surface area contributed by atoms with E-state index in [2.05, 4.69) is 19.1 Å².